The van der Waals surface area contributed by atoms with Crippen LogP contribution in [-0.4, -0.2) is 61.7 Å². The van der Waals surface area contributed by atoms with Gasteiger partial charge in [0.05, 0.1) is 18.8 Å². The first-order valence-corrected chi connectivity index (χ1v) is 10.9. The lowest BCUT2D eigenvalue weighted by Gasteiger charge is -2.41. The summed E-state index contributed by atoms with van der Waals surface area (Å²) in [6.07, 6.45) is 12.0. The molecule has 7 heteroatoms. The Hall–Kier alpha value is -1.05. The van der Waals surface area contributed by atoms with Gasteiger partial charge in [-0.2, -0.15) is 0 Å². The number of nitrogens with zero attached hydrogens (tertiary/aromatic N) is 1. The summed E-state index contributed by atoms with van der Waals surface area (Å²) in [6.45, 7) is 3.10. The van der Waals surface area contributed by atoms with Gasteiger partial charge in [0, 0.05) is 39.0 Å². The molecule has 0 radical (unpaired) electrons. The first kappa shape index (κ1) is 21.3. The summed E-state index contributed by atoms with van der Waals surface area (Å²) in [5.74, 6) is 0.594. The second-order valence-corrected chi connectivity index (χ2v) is 7.88. The maximum Gasteiger partial charge on any atom is 0.219 e. The number of nitrogens with one attached hydrogen (secondary N) is 3. The number of rotatable bonds is 8. The molecule has 1 unspecified atom stereocenters. The Kier molecular flexibility index (Phi) is 8.95. The highest BCUT2D eigenvalue weighted by Gasteiger charge is 2.34. The molecular weight excluding hydrogens is 348 g/mol. The third-order valence-electron chi connectivity index (χ3n) is 5.58. The van der Waals surface area contributed by atoms with E-state index in [-0.39, 0.29) is 18.1 Å². The van der Waals surface area contributed by atoms with E-state index < -0.39 is 0 Å². The van der Waals surface area contributed by atoms with Crippen molar-refractivity contribution >= 4 is 24.1 Å². The molecular formula is C19H34N4O2S. The highest BCUT2D eigenvalue weighted by molar-refractivity contribution is 7.96. The molecule has 2 aliphatic rings. The Balaban J connectivity index is 1.87. The van der Waals surface area contributed by atoms with Crippen LogP contribution in [0, 0.1) is 11.3 Å². The minimum Gasteiger partial charge on any atom is -0.394 e. The molecule has 1 amide bonds. The van der Waals surface area contributed by atoms with Crippen molar-refractivity contribution in [1.82, 2.24) is 14.9 Å². The summed E-state index contributed by atoms with van der Waals surface area (Å²) >= 11 is 1.62. The van der Waals surface area contributed by atoms with E-state index in [9.17, 15) is 4.79 Å². The molecule has 0 aromatic rings. The van der Waals surface area contributed by atoms with E-state index in [0.717, 1.165) is 50.6 Å². The number of allylic oxidation sites excluding steroid dienone is 1. The van der Waals surface area contributed by atoms with Gasteiger partial charge in [0.15, 0.2) is 0 Å². The van der Waals surface area contributed by atoms with Crippen molar-refractivity contribution in [3.63, 3.8) is 0 Å². The van der Waals surface area contributed by atoms with Gasteiger partial charge in [-0.1, -0.05) is 11.9 Å². The lowest BCUT2D eigenvalue weighted by Crippen LogP contribution is -2.56. The lowest BCUT2D eigenvalue weighted by molar-refractivity contribution is -0.136. The maximum absolute atomic E-state index is 12.0. The zero-order valence-electron chi connectivity index (χ0n) is 16.3. The molecule has 1 saturated carbocycles. The predicted molar refractivity (Wildman–Crippen MR) is 108 cm³/mol. The minimum atomic E-state index is 0.118. The summed E-state index contributed by atoms with van der Waals surface area (Å²) in [6, 6.07) is 0.412. The standard InChI is InChI=1S/C19H34N4O2S/c1-14(24)23-10-4-5-18(22-26-3)19(23)13-25-17-8-6-15(7-9-17)16(11-20)12-21-2/h11-12,15,17-22H,4-10,13H2,1-3H3/b16-12+,20-11?/t15-,17+,18?,19-/m0/s1. The molecule has 0 aromatic heterocycles. The molecule has 0 aromatic carbocycles. The van der Waals surface area contributed by atoms with Gasteiger partial charge in [-0.25, -0.2) is 0 Å². The number of carbonyl (C=O) groups excluding carboxylic acids is 1. The average Bonchev–Trinajstić information content (AvgIpc) is 2.65. The van der Waals surface area contributed by atoms with Crippen LogP contribution in [0.4, 0.5) is 0 Å². The van der Waals surface area contributed by atoms with Crippen LogP contribution in [0.5, 0.6) is 0 Å². The number of ether oxygens (including phenoxy) is 1. The number of amides is 1. The fourth-order valence-corrected chi connectivity index (χ4v) is 4.76. The van der Waals surface area contributed by atoms with Gasteiger partial charge in [-0.3, -0.25) is 9.52 Å². The van der Waals surface area contributed by atoms with E-state index in [1.165, 1.54) is 6.21 Å². The van der Waals surface area contributed by atoms with Crippen molar-refractivity contribution in [3.05, 3.63) is 11.8 Å². The molecule has 2 rings (SSSR count). The Bertz CT molecular complexity index is 490. The zero-order valence-corrected chi connectivity index (χ0v) is 17.1. The monoisotopic (exact) mass is 382 g/mol. The van der Waals surface area contributed by atoms with E-state index in [4.69, 9.17) is 10.1 Å². The van der Waals surface area contributed by atoms with Crippen LogP contribution < -0.4 is 10.0 Å². The Labute approximate surface area is 162 Å². The molecule has 26 heavy (non-hydrogen) atoms. The molecule has 148 valence electrons. The third kappa shape index (κ3) is 5.72. The molecule has 6 nitrogen and oxygen atoms in total. The van der Waals surface area contributed by atoms with Crippen molar-refractivity contribution in [3.8, 4) is 0 Å². The van der Waals surface area contributed by atoms with Crippen LogP contribution >= 0.6 is 11.9 Å². The maximum atomic E-state index is 12.0. The Morgan fingerprint density at radius 1 is 1.31 bits per heavy atom. The summed E-state index contributed by atoms with van der Waals surface area (Å²) in [7, 11) is 1.88. The quantitative estimate of drug-likeness (QED) is 0.444. The fraction of sp³-hybridized carbons (Fsp3) is 0.789. The third-order valence-corrected chi connectivity index (χ3v) is 6.12. The SMILES string of the molecule is CN/C=C(\C=N)[C@H]1CC[C@@H](OC[C@H]2C(NSC)CCCN2C(C)=O)CC1. The van der Waals surface area contributed by atoms with Crippen molar-refractivity contribution in [2.75, 3.05) is 26.5 Å². The molecule has 1 heterocycles. The first-order valence-electron chi connectivity index (χ1n) is 9.65. The van der Waals surface area contributed by atoms with Gasteiger partial charge in [0.2, 0.25) is 5.91 Å². The number of hydrogen-bond donors (Lipinski definition) is 3. The summed E-state index contributed by atoms with van der Waals surface area (Å²) in [5.41, 5.74) is 1.07. The van der Waals surface area contributed by atoms with Gasteiger partial charge in [-0.05, 0) is 56.3 Å². The van der Waals surface area contributed by atoms with E-state index in [2.05, 4.69) is 10.0 Å². The van der Waals surface area contributed by atoms with Crippen molar-refractivity contribution < 1.29 is 9.53 Å². The van der Waals surface area contributed by atoms with Gasteiger partial charge in [0.1, 0.15) is 0 Å². The minimum absolute atomic E-state index is 0.118. The molecule has 3 N–H and O–H groups in total. The average molecular weight is 383 g/mol. The normalized spacial score (nSPS) is 30.1. The summed E-state index contributed by atoms with van der Waals surface area (Å²) < 4.78 is 9.72. The molecule has 1 aliphatic carbocycles. The van der Waals surface area contributed by atoms with E-state index in [1.807, 2.05) is 24.4 Å². The second-order valence-electron chi connectivity index (χ2n) is 7.23. The van der Waals surface area contributed by atoms with Crippen LogP contribution in [0.3, 0.4) is 0 Å². The van der Waals surface area contributed by atoms with Crippen LogP contribution in [0.1, 0.15) is 45.4 Å². The van der Waals surface area contributed by atoms with Crippen molar-refractivity contribution in [2.24, 2.45) is 5.92 Å². The fourth-order valence-electron chi connectivity index (χ4n) is 4.18. The first-order chi connectivity index (χ1) is 12.6. The molecule has 2 atom stereocenters. The van der Waals surface area contributed by atoms with E-state index >= 15 is 0 Å². The largest absolute Gasteiger partial charge is 0.394 e. The topological polar surface area (TPSA) is 77.5 Å². The summed E-state index contributed by atoms with van der Waals surface area (Å²) in [4.78, 5) is 14.0. The zero-order chi connectivity index (χ0) is 18.9. The molecule has 0 bridgehead atoms. The van der Waals surface area contributed by atoms with Crippen LogP contribution in [0.25, 0.3) is 0 Å². The number of hydrogen-bond acceptors (Lipinski definition) is 6. The van der Waals surface area contributed by atoms with Gasteiger partial charge in [0.25, 0.3) is 0 Å². The molecule has 0 spiro atoms. The van der Waals surface area contributed by atoms with Gasteiger partial charge < -0.3 is 20.4 Å². The van der Waals surface area contributed by atoms with E-state index in [0.29, 0.717) is 18.6 Å². The highest BCUT2D eigenvalue weighted by atomic mass is 32.2. The van der Waals surface area contributed by atoms with E-state index in [1.54, 1.807) is 18.9 Å². The number of likely N-dealkylation sites (tertiary alicyclic amines) is 1. The molecule has 2 fully saturated rings. The van der Waals surface area contributed by atoms with Crippen molar-refractivity contribution in [1.29, 1.82) is 5.41 Å². The Morgan fingerprint density at radius 2 is 2.04 bits per heavy atom. The Morgan fingerprint density at radius 3 is 2.62 bits per heavy atom. The van der Waals surface area contributed by atoms with Crippen LogP contribution in [0.15, 0.2) is 11.8 Å². The van der Waals surface area contributed by atoms with Gasteiger partial charge in [-0.15, -0.1) is 0 Å². The smallest absolute Gasteiger partial charge is 0.219 e. The molecule has 1 aliphatic heterocycles. The summed E-state index contributed by atoms with van der Waals surface area (Å²) in [5, 5.41) is 10.6. The molecule has 1 saturated heterocycles. The lowest BCUT2D eigenvalue weighted by atomic mass is 9.83. The van der Waals surface area contributed by atoms with Crippen molar-refractivity contribution in [2.45, 2.75) is 63.6 Å². The second kappa shape index (κ2) is 10.9. The van der Waals surface area contributed by atoms with Crippen LogP contribution in [0.2, 0.25) is 0 Å². The number of carbonyl (C=O) groups is 1. The van der Waals surface area contributed by atoms with Gasteiger partial charge >= 0.3 is 0 Å². The predicted octanol–water partition coefficient (Wildman–Crippen LogP) is 2.56. The number of piperidine rings is 1. The van der Waals surface area contributed by atoms with Crippen LogP contribution in [-0.2, 0) is 9.53 Å². The highest BCUT2D eigenvalue weighted by Crippen LogP contribution is 2.31.